The fourth-order valence-corrected chi connectivity index (χ4v) is 3.50. The number of rotatable bonds is 4. The summed E-state index contributed by atoms with van der Waals surface area (Å²) in [7, 11) is 0. The summed E-state index contributed by atoms with van der Waals surface area (Å²) in [6, 6.07) is 3.19. The van der Waals surface area contributed by atoms with Gasteiger partial charge in [-0.05, 0) is 24.0 Å². The number of hydrogen-bond donors (Lipinski definition) is 2. The molecule has 2 aliphatic rings. The first kappa shape index (κ1) is 20.9. The molecule has 3 rings (SSSR count). The molecule has 2 fully saturated rings. The van der Waals surface area contributed by atoms with E-state index in [1.54, 1.807) is 13.8 Å². The zero-order valence-electron chi connectivity index (χ0n) is 14.3. The summed E-state index contributed by atoms with van der Waals surface area (Å²) in [6.07, 6.45) is -0.628. The molecule has 25 heavy (non-hydrogen) atoms. The van der Waals surface area contributed by atoms with E-state index in [1.165, 1.54) is 6.07 Å². The number of amides is 1. The third kappa shape index (κ3) is 3.32. The smallest absolute Gasteiger partial charge is 0.548 e. The number of halogens is 2. The van der Waals surface area contributed by atoms with Gasteiger partial charge in [0.1, 0.15) is 11.6 Å². The standard InChI is InChI=1S/C17H19F2NO4.K/c1-16(2)13(21)7-17(16,15(23)24)20-14(22)11-6-10(11)9-4-3-8(18)5-12(9)19;/h3-5,10-11,13,21H,6-7H2,1-2H3,(H,20,22)(H,23,24);/q;+1/p-1/t10-,11+,13-,17-;/m0./s1. The Morgan fingerprint density at radius 3 is 2.44 bits per heavy atom. The third-order valence-electron chi connectivity index (χ3n) is 5.61. The molecule has 8 heteroatoms. The molecule has 0 aliphatic heterocycles. The van der Waals surface area contributed by atoms with Gasteiger partial charge in [0, 0.05) is 23.8 Å². The molecule has 0 spiro atoms. The number of aliphatic hydroxyl groups is 1. The summed E-state index contributed by atoms with van der Waals surface area (Å²) >= 11 is 0. The molecule has 0 radical (unpaired) electrons. The third-order valence-corrected chi connectivity index (χ3v) is 5.61. The van der Waals surface area contributed by atoms with E-state index in [1.807, 2.05) is 0 Å². The van der Waals surface area contributed by atoms with Gasteiger partial charge in [-0.3, -0.25) is 4.79 Å². The number of carboxylic acid groups (broad SMARTS) is 1. The molecule has 1 aromatic rings. The Balaban J connectivity index is 0.00000225. The van der Waals surface area contributed by atoms with Crippen molar-refractivity contribution in [3.63, 3.8) is 0 Å². The number of carboxylic acids is 1. The second-order valence-electron chi connectivity index (χ2n) is 7.24. The molecule has 130 valence electrons. The summed E-state index contributed by atoms with van der Waals surface area (Å²) in [5.41, 5.74) is -2.46. The fraction of sp³-hybridized carbons (Fsp3) is 0.529. The predicted molar refractivity (Wildman–Crippen MR) is 77.5 cm³/mol. The number of carbonyl (C=O) groups excluding carboxylic acids is 2. The van der Waals surface area contributed by atoms with Crippen LogP contribution >= 0.6 is 0 Å². The van der Waals surface area contributed by atoms with E-state index in [-0.39, 0.29) is 63.4 Å². The minimum atomic E-state index is -1.64. The molecular formula is C17H18F2KNO4. The van der Waals surface area contributed by atoms with Crippen molar-refractivity contribution in [2.75, 3.05) is 0 Å². The van der Waals surface area contributed by atoms with Gasteiger partial charge in [-0.2, -0.15) is 0 Å². The first-order valence-corrected chi connectivity index (χ1v) is 7.76. The predicted octanol–water partition coefficient (Wildman–Crippen LogP) is -2.53. The van der Waals surface area contributed by atoms with Crippen LogP contribution in [0.1, 0.15) is 38.2 Å². The normalized spacial score (nSPS) is 32.1. The molecular weight excluding hydrogens is 359 g/mol. The minimum Gasteiger partial charge on any atom is -0.548 e. The van der Waals surface area contributed by atoms with Gasteiger partial charge < -0.3 is 20.3 Å². The van der Waals surface area contributed by atoms with Crippen molar-refractivity contribution >= 4 is 11.9 Å². The monoisotopic (exact) mass is 377 g/mol. The van der Waals surface area contributed by atoms with Crippen molar-refractivity contribution in [1.82, 2.24) is 5.32 Å². The maximum atomic E-state index is 13.8. The summed E-state index contributed by atoms with van der Waals surface area (Å²) in [5, 5.41) is 23.8. The number of carbonyl (C=O) groups is 2. The molecule has 2 saturated carbocycles. The molecule has 1 amide bonds. The zero-order valence-corrected chi connectivity index (χ0v) is 17.4. The van der Waals surface area contributed by atoms with E-state index < -0.39 is 52.4 Å². The van der Waals surface area contributed by atoms with E-state index >= 15 is 0 Å². The molecule has 1 aromatic carbocycles. The van der Waals surface area contributed by atoms with Crippen LogP contribution in [0.25, 0.3) is 0 Å². The van der Waals surface area contributed by atoms with Gasteiger partial charge in [-0.15, -0.1) is 0 Å². The Hall–Kier alpha value is -0.384. The van der Waals surface area contributed by atoms with Gasteiger partial charge in [0.25, 0.3) is 0 Å². The minimum absolute atomic E-state index is 0. The van der Waals surface area contributed by atoms with Crippen LogP contribution in [0.4, 0.5) is 8.78 Å². The average Bonchev–Trinajstić information content (AvgIpc) is 3.26. The van der Waals surface area contributed by atoms with Gasteiger partial charge >= 0.3 is 51.4 Å². The van der Waals surface area contributed by atoms with Crippen LogP contribution in [0.2, 0.25) is 0 Å². The zero-order chi connectivity index (χ0) is 17.9. The van der Waals surface area contributed by atoms with E-state index in [2.05, 4.69) is 5.32 Å². The number of nitrogens with one attached hydrogen (secondary N) is 1. The Morgan fingerprint density at radius 1 is 1.32 bits per heavy atom. The molecule has 4 atom stereocenters. The van der Waals surface area contributed by atoms with Crippen molar-refractivity contribution in [1.29, 1.82) is 0 Å². The number of aliphatic carboxylic acids is 1. The topological polar surface area (TPSA) is 89.5 Å². The van der Waals surface area contributed by atoms with Crippen molar-refractivity contribution < 1.29 is 80.0 Å². The number of hydrogen-bond acceptors (Lipinski definition) is 4. The van der Waals surface area contributed by atoms with Crippen molar-refractivity contribution in [2.24, 2.45) is 11.3 Å². The van der Waals surface area contributed by atoms with E-state index in [0.29, 0.717) is 6.42 Å². The van der Waals surface area contributed by atoms with Gasteiger partial charge in [-0.1, -0.05) is 19.9 Å². The van der Waals surface area contributed by atoms with Crippen molar-refractivity contribution in [3.05, 3.63) is 35.4 Å². The summed E-state index contributed by atoms with van der Waals surface area (Å²) in [5.74, 6) is -4.36. The van der Waals surface area contributed by atoms with Crippen LogP contribution in [0.5, 0.6) is 0 Å². The SMILES string of the molecule is CC1(C)[C@@H](O)C[C@]1(NC(=O)[C@@H]1C[C@H]1c1ccc(F)cc1F)C(=O)[O-].[K+]. The Kier molecular flexibility index (Phi) is 5.84. The molecule has 5 nitrogen and oxygen atoms in total. The van der Waals surface area contributed by atoms with Crippen LogP contribution in [0.15, 0.2) is 18.2 Å². The van der Waals surface area contributed by atoms with Crippen molar-refractivity contribution in [2.45, 2.75) is 44.2 Å². The molecule has 0 aromatic heterocycles. The van der Waals surface area contributed by atoms with E-state index in [0.717, 1.165) is 12.1 Å². The summed E-state index contributed by atoms with van der Waals surface area (Å²) in [6.45, 7) is 3.09. The summed E-state index contributed by atoms with van der Waals surface area (Å²) in [4.78, 5) is 23.9. The van der Waals surface area contributed by atoms with Gasteiger partial charge in [0.2, 0.25) is 5.91 Å². The Labute approximate surface area is 186 Å². The molecule has 0 bridgehead atoms. The average molecular weight is 377 g/mol. The first-order valence-electron chi connectivity index (χ1n) is 7.76. The molecule has 0 heterocycles. The number of benzene rings is 1. The largest absolute Gasteiger partial charge is 1.00 e. The van der Waals surface area contributed by atoms with E-state index in [9.17, 15) is 28.6 Å². The van der Waals surface area contributed by atoms with Gasteiger partial charge in [0.05, 0.1) is 17.6 Å². The first-order chi connectivity index (χ1) is 11.1. The maximum absolute atomic E-state index is 13.8. The van der Waals surface area contributed by atoms with Crippen LogP contribution in [-0.4, -0.2) is 28.6 Å². The van der Waals surface area contributed by atoms with Crippen molar-refractivity contribution in [3.8, 4) is 0 Å². The quantitative estimate of drug-likeness (QED) is 0.567. The Bertz CT molecular complexity index is 727. The molecule has 0 unspecified atom stereocenters. The summed E-state index contributed by atoms with van der Waals surface area (Å²) < 4.78 is 26.7. The van der Waals surface area contributed by atoms with Gasteiger partial charge in [-0.25, -0.2) is 8.78 Å². The van der Waals surface area contributed by atoms with Gasteiger partial charge in [0.15, 0.2) is 0 Å². The molecule has 0 saturated heterocycles. The number of aliphatic hydroxyl groups excluding tert-OH is 1. The maximum Gasteiger partial charge on any atom is 1.00 e. The second-order valence-corrected chi connectivity index (χ2v) is 7.24. The van der Waals surface area contributed by atoms with Crippen LogP contribution < -0.4 is 61.8 Å². The molecule has 2 N–H and O–H groups in total. The van der Waals surface area contributed by atoms with E-state index in [4.69, 9.17) is 0 Å². The Morgan fingerprint density at radius 2 is 1.96 bits per heavy atom. The fourth-order valence-electron chi connectivity index (χ4n) is 3.50. The van der Waals surface area contributed by atoms with Crippen LogP contribution in [-0.2, 0) is 9.59 Å². The molecule has 2 aliphatic carbocycles. The van der Waals surface area contributed by atoms with Crippen LogP contribution in [0, 0.1) is 23.0 Å². The van der Waals surface area contributed by atoms with Crippen LogP contribution in [0.3, 0.4) is 0 Å². The second kappa shape index (κ2) is 6.97.